The van der Waals surface area contributed by atoms with Gasteiger partial charge >= 0.3 is 12.0 Å². The van der Waals surface area contributed by atoms with E-state index < -0.39 is 0 Å². The highest BCUT2D eigenvalue weighted by atomic mass is 16.5. The van der Waals surface area contributed by atoms with Crippen molar-refractivity contribution in [2.75, 3.05) is 17.7 Å². The van der Waals surface area contributed by atoms with Gasteiger partial charge in [0.05, 0.1) is 24.7 Å². The normalized spacial score (nSPS) is 16.7. The van der Waals surface area contributed by atoms with Crippen molar-refractivity contribution >= 4 is 29.2 Å². The van der Waals surface area contributed by atoms with Crippen LogP contribution in [0.15, 0.2) is 72.8 Å². The van der Waals surface area contributed by atoms with Gasteiger partial charge in [-0.15, -0.1) is 0 Å². The van der Waals surface area contributed by atoms with Crippen LogP contribution in [0, 0.1) is 23.2 Å². The molecule has 0 bridgehead atoms. The molecule has 1 fully saturated rings. The molecule has 1 aliphatic rings. The van der Waals surface area contributed by atoms with Gasteiger partial charge in [0.2, 0.25) is 0 Å². The van der Waals surface area contributed by atoms with Crippen molar-refractivity contribution in [1.82, 2.24) is 0 Å². The first-order chi connectivity index (χ1) is 17.0. The van der Waals surface area contributed by atoms with Crippen LogP contribution in [0.25, 0.3) is 11.1 Å². The molecule has 176 valence electrons. The molecule has 0 aliphatic heterocycles. The number of benzene rings is 3. The third-order valence-corrected chi connectivity index (χ3v) is 6.27. The number of methoxy groups -OCH3 is 1. The molecule has 1 aliphatic carbocycles. The average Bonchev–Trinajstić information content (AvgIpc) is 3.39. The number of carbonyl (C=O) groups is 3. The van der Waals surface area contributed by atoms with E-state index in [2.05, 4.69) is 10.6 Å². The van der Waals surface area contributed by atoms with Crippen LogP contribution in [0.2, 0.25) is 0 Å². The first-order valence-electron chi connectivity index (χ1n) is 11.4. The summed E-state index contributed by atoms with van der Waals surface area (Å²) in [6, 6.07) is 23.0. The van der Waals surface area contributed by atoms with Gasteiger partial charge in [-0.2, -0.15) is 5.26 Å². The summed E-state index contributed by atoms with van der Waals surface area (Å²) in [5.74, 6) is -1.01. The molecule has 2 amide bonds. The van der Waals surface area contributed by atoms with Crippen molar-refractivity contribution in [3.8, 4) is 17.2 Å². The lowest BCUT2D eigenvalue weighted by molar-refractivity contribution is -0.146. The number of esters is 1. The Morgan fingerprint density at radius 2 is 1.31 bits per heavy atom. The first-order valence-corrected chi connectivity index (χ1v) is 11.4. The van der Waals surface area contributed by atoms with Gasteiger partial charge in [-0.05, 0) is 60.4 Å². The number of ether oxygens (including phenoxy) is 1. The summed E-state index contributed by atoms with van der Waals surface area (Å²) in [7, 11) is 1.36. The maximum Gasteiger partial charge on any atom is 0.323 e. The van der Waals surface area contributed by atoms with Crippen molar-refractivity contribution in [3.05, 3.63) is 83.9 Å². The fourth-order valence-corrected chi connectivity index (χ4v) is 4.42. The zero-order chi connectivity index (χ0) is 24.8. The van der Waals surface area contributed by atoms with Gasteiger partial charge < -0.3 is 15.4 Å². The van der Waals surface area contributed by atoms with E-state index in [0.29, 0.717) is 35.3 Å². The summed E-state index contributed by atoms with van der Waals surface area (Å²) in [4.78, 5) is 37.2. The number of Topliss-reactive ketones (excluding diaryl/α,β-unsaturated/α-hetero) is 1. The number of ketones is 1. The zero-order valence-corrected chi connectivity index (χ0v) is 19.3. The Bertz CT molecular complexity index is 1260. The summed E-state index contributed by atoms with van der Waals surface area (Å²) in [5, 5.41) is 14.3. The van der Waals surface area contributed by atoms with Gasteiger partial charge in [-0.25, -0.2) is 4.79 Å². The van der Waals surface area contributed by atoms with E-state index in [0.717, 1.165) is 17.5 Å². The van der Waals surface area contributed by atoms with E-state index >= 15 is 0 Å². The first kappa shape index (κ1) is 23.7. The number of hydrogen-bond acceptors (Lipinski definition) is 5. The van der Waals surface area contributed by atoms with E-state index in [9.17, 15) is 14.4 Å². The third-order valence-electron chi connectivity index (χ3n) is 6.27. The van der Waals surface area contributed by atoms with Crippen molar-refractivity contribution in [2.45, 2.75) is 19.3 Å². The van der Waals surface area contributed by atoms with Gasteiger partial charge in [0, 0.05) is 22.9 Å². The SMILES string of the molecule is COC(=O)[C@@H]1CCC[C@H]1C(=O)c1ccc(-c2ccc(NC(=O)Nc3ccc(C#N)cc3)cc2)cc1. The molecule has 7 nitrogen and oxygen atoms in total. The number of rotatable bonds is 6. The van der Waals surface area contributed by atoms with E-state index in [1.165, 1.54) is 7.11 Å². The van der Waals surface area contributed by atoms with Crippen LogP contribution >= 0.6 is 0 Å². The minimum Gasteiger partial charge on any atom is -0.469 e. The quantitative estimate of drug-likeness (QED) is 0.360. The number of anilines is 2. The van der Waals surface area contributed by atoms with Crippen molar-refractivity contribution < 1.29 is 19.1 Å². The van der Waals surface area contributed by atoms with Gasteiger partial charge in [0.15, 0.2) is 5.78 Å². The van der Waals surface area contributed by atoms with Crippen molar-refractivity contribution in [2.24, 2.45) is 11.8 Å². The van der Waals surface area contributed by atoms with Crippen molar-refractivity contribution in [1.29, 1.82) is 5.26 Å². The Labute approximate surface area is 203 Å². The molecule has 3 aromatic carbocycles. The lowest BCUT2D eigenvalue weighted by Gasteiger charge is -2.16. The molecule has 4 rings (SSSR count). The molecule has 0 radical (unpaired) electrons. The number of nitrogens with one attached hydrogen (secondary N) is 2. The Hall–Kier alpha value is -4.44. The summed E-state index contributed by atoms with van der Waals surface area (Å²) < 4.78 is 4.87. The lowest BCUT2D eigenvalue weighted by Crippen LogP contribution is -2.26. The van der Waals surface area contributed by atoms with Crippen molar-refractivity contribution in [3.63, 3.8) is 0 Å². The highest BCUT2D eigenvalue weighted by Gasteiger charge is 2.38. The molecule has 1 saturated carbocycles. The van der Waals surface area contributed by atoms with E-state index in [1.807, 2.05) is 30.3 Å². The molecule has 0 unspecified atom stereocenters. The highest BCUT2D eigenvalue weighted by molar-refractivity contribution is 6.01. The fraction of sp³-hybridized carbons (Fsp3) is 0.214. The van der Waals surface area contributed by atoms with Gasteiger partial charge in [0.25, 0.3) is 0 Å². The number of urea groups is 1. The Kier molecular flexibility index (Phi) is 7.22. The predicted octanol–water partition coefficient (Wildman–Crippen LogP) is 5.64. The summed E-state index contributed by atoms with van der Waals surface area (Å²) in [6.07, 6.45) is 2.24. The molecule has 0 spiro atoms. The minimum absolute atomic E-state index is 0.0164. The molecule has 2 N–H and O–H groups in total. The van der Waals surface area contributed by atoms with Crippen LogP contribution in [0.5, 0.6) is 0 Å². The van der Waals surface area contributed by atoms with E-state index in [1.54, 1.807) is 48.5 Å². The Morgan fingerprint density at radius 1 is 0.800 bits per heavy atom. The highest BCUT2D eigenvalue weighted by Crippen LogP contribution is 2.35. The van der Waals surface area contributed by atoms with Crippen LogP contribution < -0.4 is 10.6 Å². The predicted molar refractivity (Wildman–Crippen MR) is 133 cm³/mol. The van der Waals surface area contributed by atoms with Crippen LogP contribution in [0.3, 0.4) is 0 Å². The Morgan fingerprint density at radius 3 is 1.86 bits per heavy atom. The standard InChI is InChI=1S/C28H25N3O4/c1-35-27(33)25-4-2-3-24(25)26(32)21-9-7-19(8-10-21)20-11-15-23(16-12-20)31-28(34)30-22-13-5-18(17-29)6-14-22/h5-16,24-25H,2-4H2,1H3,(H2,30,31,34)/t24-,25-/m1/s1. The zero-order valence-electron chi connectivity index (χ0n) is 19.3. The number of hydrogen-bond donors (Lipinski definition) is 2. The second-order valence-corrected chi connectivity index (χ2v) is 8.45. The molecule has 0 aromatic heterocycles. The number of nitrogens with zero attached hydrogens (tertiary/aromatic N) is 1. The maximum absolute atomic E-state index is 13.0. The van der Waals surface area contributed by atoms with Crippen LogP contribution in [-0.2, 0) is 9.53 Å². The fourth-order valence-electron chi connectivity index (χ4n) is 4.42. The molecule has 0 heterocycles. The topological polar surface area (TPSA) is 108 Å². The van der Waals surface area contributed by atoms with Gasteiger partial charge in [0.1, 0.15) is 0 Å². The van der Waals surface area contributed by atoms with Crippen LogP contribution in [-0.4, -0.2) is 24.9 Å². The second kappa shape index (κ2) is 10.7. The minimum atomic E-state index is -0.387. The van der Waals surface area contributed by atoms with E-state index in [-0.39, 0.29) is 29.6 Å². The average molecular weight is 468 g/mol. The summed E-state index contributed by atoms with van der Waals surface area (Å²) in [5.41, 5.74) is 4.20. The molecule has 2 atom stereocenters. The molecule has 35 heavy (non-hydrogen) atoms. The Balaban J connectivity index is 1.37. The maximum atomic E-state index is 13.0. The molecule has 7 heteroatoms. The third kappa shape index (κ3) is 5.56. The van der Waals surface area contributed by atoms with E-state index in [4.69, 9.17) is 10.00 Å². The molecular formula is C28H25N3O4. The second-order valence-electron chi connectivity index (χ2n) is 8.45. The lowest BCUT2D eigenvalue weighted by atomic mass is 9.88. The summed E-state index contributed by atoms with van der Waals surface area (Å²) in [6.45, 7) is 0. The molecule has 3 aromatic rings. The molecular weight excluding hydrogens is 442 g/mol. The smallest absolute Gasteiger partial charge is 0.323 e. The van der Waals surface area contributed by atoms with Gasteiger partial charge in [-0.3, -0.25) is 9.59 Å². The van der Waals surface area contributed by atoms with Crippen LogP contribution in [0.4, 0.5) is 16.2 Å². The largest absolute Gasteiger partial charge is 0.469 e. The number of nitriles is 1. The van der Waals surface area contributed by atoms with Crippen LogP contribution in [0.1, 0.15) is 35.2 Å². The summed E-state index contributed by atoms with van der Waals surface area (Å²) >= 11 is 0. The number of amides is 2. The van der Waals surface area contributed by atoms with Gasteiger partial charge in [-0.1, -0.05) is 42.8 Å². The molecule has 0 saturated heterocycles. The number of carbonyl (C=O) groups excluding carboxylic acids is 3. The monoisotopic (exact) mass is 467 g/mol.